The molecule has 20 heavy (non-hydrogen) atoms. The highest BCUT2D eigenvalue weighted by Crippen LogP contribution is 2.27. The Morgan fingerprint density at radius 2 is 1.90 bits per heavy atom. The van der Waals surface area contributed by atoms with Crippen molar-refractivity contribution in [3.05, 3.63) is 59.2 Å². The average molecular weight is 270 g/mol. The highest BCUT2D eigenvalue weighted by Gasteiger charge is 2.16. The summed E-state index contributed by atoms with van der Waals surface area (Å²) in [6.45, 7) is 4.15. The fourth-order valence-corrected chi connectivity index (χ4v) is 2.06. The zero-order valence-corrected chi connectivity index (χ0v) is 11.9. The largest absolute Gasteiger partial charge is 0.508 e. The van der Waals surface area contributed by atoms with Gasteiger partial charge in [-0.15, -0.1) is 0 Å². The van der Waals surface area contributed by atoms with E-state index in [0.29, 0.717) is 22.8 Å². The molecular weight excluding hydrogens is 252 g/mol. The van der Waals surface area contributed by atoms with Crippen molar-refractivity contribution in [2.45, 2.75) is 19.8 Å². The molecule has 0 aliphatic carbocycles. The molecule has 0 spiro atoms. The van der Waals surface area contributed by atoms with Gasteiger partial charge in [0.25, 0.3) is 0 Å². The molecule has 0 atom stereocenters. The van der Waals surface area contributed by atoms with Crippen LogP contribution in [0.4, 0.5) is 0 Å². The van der Waals surface area contributed by atoms with Crippen LogP contribution < -0.4 is 4.74 Å². The van der Waals surface area contributed by atoms with Gasteiger partial charge in [0.15, 0.2) is 5.78 Å². The van der Waals surface area contributed by atoms with Crippen LogP contribution in [0, 0.1) is 0 Å². The Hall–Kier alpha value is -2.29. The monoisotopic (exact) mass is 270 g/mol. The summed E-state index contributed by atoms with van der Waals surface area (Å²) in [6.07, 6.45) is 0. The van der Waals surface area contributed by atoms with Crippen molar-refractivity contribution in [1.82, 2.24) is 0 Å². The van der Waals surface area contributed by atoms with Crippen molar-refractivity contribution >= 4 is 5.78 Å². The van der Waals surface area contributed by atoms with Crippen LogP contribution in [0.15, 0.2) is 42.5 Å². The predicted molar refractivity (Wildman–Crippen MR) is 78.6 cm³/mol. The summed E-state index contributed by atoms with van der Waals surface area (Å²) in [7, 11) is 1.55. The van der Waals surface area contributed by atoms with Crippen molar-refractivity contribution in [3.63, 3.8) is 0 Å². The quantitative estimate of drug-likeness (QED) is 0.860. The number of carbonyl (C=O) groups is 1. The lowest BCUT2D eigenvalue weighted by molar-refractivity contribution is 0.103. The second kappa shape index (κ2) is 5.78. The first-order valence-corrected chi connectivity index (χ1v) is 6.54. The average Bonchev–Trinajstić information content (AvgIpc) is 2.45. The van der Waals surface area contributed by atoms with Crippen LogP contribution in [0.25, 0.3) is 0 Å². The first-order valence-electron chi connectivity index (χ1n) is 6.54. The number of rotatable bonds is 4. The van der Waals surface area contributed by atoms with E-state index in [-0.39, 0.29) is 11.5 Å². The topological polar surface area (TPSA) is 46.5 Å². The van der Waals surface area contributed by atoms with Crippen molar-refractivity contribution in [1.29, 1.82) is 0 Å². The Morgan fingerprint density at radius 1 is 1.15 bits per heavy atom. The molecule has 3 nitrogen and oxygen atoms in total. The van der Waals surface area contributed by atoms with Crippen molar-refractivity contribution in [2.24, 2.45) is 0 Å². The van der Waals surface area contributed by atoms with E-state index in [9.17, 15) is 9.90 Å². The molecule has 104 valence electrons. The third kappa shape index (κ3) is 2.82. The SMILES string of the molecule is COc1ccc(C(C)C)cc1C(=O)c1cccc(O)c1. The highest BCUT2D eigenvalue weighted by molar-refractivity contribution is 6.11. The minimum atomic E-state index is -0.153. The maximum absolute atomic E-state index is 12.6. The molecule has 2 aromatic rings. The summed E-state index contributed by atoms with van der Waals surface area (Å²) < 4.78 is 5.27. The van der Waals surface area contributed by atoms with E-state index in [1.165, 1.54) is 6.07 Å². The third-order valence-electron chi connectivity index (χ3n) is 3.24. The lowest BCUT2D eigenvalue weighted by atomic mass is 9.96. The Morgan fingerprint density at radius 3 is 2.50 bits per heavy atom. The molecule has 0 aromatic heterocycles. The molecule has 0 fully saturated rings. The number of hydrogen-bond donors (Lipinski definition) is 1. The molecule has 2 aromatic carbocycles. The van der Waals surface area contributed by atoms with Crippen LogP contribution in [-0.2, 0) is 0 Å². The minimum Gasteiger partial charge on any atom is -0.508 e. The number of phenolic OH excluding ortho intramolecular Hbond substituents is 1. The van der Waals surface area contributed by atoms with Crippen LogP contribution in [0.2, 0.25) is 0 Å². The zero-order valence-electron chi connectivity index (χ0n) is 11.9. The minimum absolute atomic E-state index is 0.0785. The van der Waals surface area contributed by atoms with Crippen molar-refractivity contribution in [3.8, 4) is 11.5 Å². The number of aromatic hydroxyl groups is 1. The van der Waals surface area contributed by atoms with E-state index in [1.807, 2.05) is 18.2 Å². The number of benzene rings is 2. The predicted octanol–water partition coefficient (Wildman–Crippen LogP) is 3.76. The molecule has 0 amide bonds. The molecule has 0 aliphatic heterocycles. The second-order valence-electron chi connectivity index (χ2n) is 4.99. The van der Waals surface area contributed by atoms with E-state index in [1.54, 1.807) is 25.3 Å². The van der Waals surface area contributed by atoms with E-state index < -0.39 is 0 Å². The van der Waals surface area contributed by atoms with E-state index in [4.69, 9.17) is 4.74 Å². The Kier molecular flexibility index (Phi) is 4.08. The molecule has 0 aliphatic rings. The standard InChI is InChI=1S/C17H18O3/c1-11(2)12-7-8-16(20-3)15(10-12)17(19)13-5-4-6-14(18)9-13/h4-11,18H,1-3H3. The maximum Gasteiger partial charge on any atom is 0.196 e. The maximum atomic E-state index is 12.6. The summed E-state index contributed by atoms with van der Waals surface area (Å²) >= 11 is 0. The summed E-state index contributed by atoms with van der Waals surface area (Å²) in [4.78, 5) is 12.6. The van der Waals surface area contributed by atoms with Crippen molar-refractivity contribution < 1.29 is 14.6 Å². The smallest absolute Gasteiger partial charge is 0.196 e. The highest BCUT2D eigenvalue weighted by atomic mass is 16.5. The van der Waals surface area contributed by atoms with Gasteiger partial charge >= 0.3 is 0 Å². The lowest BCUT2D eigenvalue weighted by Gasteiger charge is -2.12. The molecular formula is C17H18O3. The first-order chi connectivity index (χ1) is 9.52. The summed E-state index contributed by atoms with van der Waals surface area (Å²) in [5, 5.41) is 9.49. The number of carbonyl (C=O) groups excluding carboxylic acids is 1. The van der Waals surface area contributed by atoms with Crippen LogP contribution in [-0.4, -0.2) is 18.0 Å². The number of ether oxygens (including phenoxy) is 1. The molecule has 0 saturated carbocycles. The van der Waals surface area contributed by atoms with Gasteiger partial charge in [-0.25, -0.2) is 0 Å². The van der Waals surface area contributed by atoms with Gasteiger partial charge in [-0.05, 0) is 35.7 Å². The van der Waals surface area contributed by atoms with Gasteiger partial charge in [0.05, 0.1) is 12.7 Å². The van der Waals surface area contributed by atoms with Gasteiger partial charge in [0, 0.05) is 5.56 Å². The zero-order chi connectivity index (χ0) is 14.7. The van der Waals surface area contributed by atoms with Gasteiger partial charge in [0.2, 0.25) is 0 Å². The molecule has 0 radical (unpaired) electrons. The van der Waals surface area contributed by atoms with Crippen LogP contribution in [0.1, 0.15) is 41.3 Å². The van der Waals surface area contributed by atoms with Gasteiger partial charge in [-0.2, -0.15) is 0 Å². The van der Waals surface area contributed by atoms with E-state index in [0.717, 1.165) is 5.56 Å². The van der Waals surface area contributed by atoms with Gasteiger partial charge in [-0.3, -0.25) is 4.79 Å². The van der Waals surface area contributed by atoms with E-state index >= 15 is 0 Å². The molecule has 0 unspecified atom stereocenters. The van der Waals surface area contributed by atoms with Gasteiger partial charge in [0.1, 0.15) is 11.5 Å². The Labute approximate surface area is 118 Å². The van der Waals surface area contributed by atoms with Crippen LogP contribution in [0.5, 0.6) is 11.5 Å². The van der Waals surface area contributed by atoms with Gasteiger partial charge < -0.3 is 9.84 Å². The molecule has 2 rings (SSSR count). The summed E-state index contributed by atoms with van der Waals surface area (Å²) in [5.74, 6) is 0.800. The first kappa shape index (κ1) is 14.1. The fraction of sp³-hybridized carbons (Fsp3) is 0.235. The molecule has 0 heterocycles. The third-order valence-corrected chi connectivity index (χ3v) is 3.24. The normalized spacial score (nSPS) is 10.6. The number of ketones is 1. The number of methoxy groups -OCH3 is 1. The second-order valence-corrected chi connectivity index (χ2v) is 4.99. The molecule has 0 saturated heterocycles. The van der Waals surface area contributed by atoms with Crippen LogP contribution >= 0.6 is 0 Å². The van der Waals surface area contributed by atoms with E-state index in [2.05, 4.69) is 13.8 Å². The van der Waals surface area contributed by atoms with Crippen molar-refractivity contribution in [2.75, 3.05) is 7.11 Å². The lowest BCUT2D eigenvalue weighted by Crippen LogP contribution is -2.05. The van der Waals surface area contributed by atoms with Crippen LogP contribution in [0.3, 0.4) is 0 Å². The Balaban J connectivity index is 2.49. The number of phenols is 1. The molecule has 0 bridgehead atoms. The fourth-order valence-electron chi connectivity index (χ4n) is 2.06. The molecule has 1 N–H and O–H groups in total. The van der Waals surface area contributed by atoms with Gasteiger partial charge in [-0.1, -0.05) is 32.0 Å². The number of hydrogen-bond acceptors (Lipinski definition) is 3. The summed E-state index contributed by atoms with van der Waals surface area (Å²) in [6, 6.07) is 12.0. The summed E-state index contributed by atoms with van der Waals surface area (Å²) in [5.41, 5.74) is 2.04. The Bertz CT molecular complexity index is 630. The molecule has 3 heteroatoms.